The minimum absolute atomic E-state index is 0.000613. The number of non-ortho nitro benzene ring substituents is 1. The molecular weight excluding hydrogens is 324 g/mol. The smallest absolute Gasteiger partial charge is 0.269 e. The van der Waals surface area contributed by atoms with E-state index in [4.69, 9.17) is 9.47 Å². The van der Waals surface area contributed by atoms with Crippen LogP contribution in [-0.4, -0.2) is 24.5 Å². The number of carbonyl (C=O) groups excluding carboxylic acids is 1. The lowest BCUT2D eigenvalue weighted by molar-refractivity contribution is -0.384. The second kappa shape index (κ2) is 8.49. The van der Waals surface area contributed by atoms with Gasteiger partial charge in [0.2, 0.25) is 5.91 Å². The van der Waals surface area contributed by atoms with Gasteiger partial charge in [0.15, 0.2) is 0 Å². The van der Waals surface area contributed by atoms with Crippen LogP contribution in [0, 0.1) is 10.1 Å². The van der Waals surface area contributed by atoms with Gasteiger partial charge in [-0.2, -0.15) is 0 Å². The van der Waals surface area contributed by atoms with Gasteiger partial charge in [-0.1, -0.05) is 0 Å². The average molecular weight is 342 g/mol. The van der Waals surface area contributed by atoms with Gasteiger partial charge in [-0.3, -0.25) is 14.9 Å². The summed E-state index contributed by atoms with van der Waals surface area (Å²) in [6.07, 6.45) is 2.91. The number of hydrogen-bond donors (Lipinski definition) is 1. The Morgan fingerprint density at radius 2 is 1.96 bits per heavy atom. The van der Waals surface area contributed by atoms with Crippen molar-refractivity contribution < 1.29 is 19.2 Å². The quantitative estimate of drug-likeness (QED) is 0.471. The Balaban J connectivity index is 2.09. The molecule has 7 heteroatoms. The monoisotopic (exact) mass is 342 g/mol. The number of rotatable bonds is 7. The molecular formula is C18H18N2O5. The molecule has 0 saturated carbocycles. The molecule has 0 saturated heterocycles. The first-order valence-corrected chi connectivity index (χ1v) is 7.58. The SMILES string of the molecule is CCOc1ccc(OC)cc1NC(=O)C=Cc1ccc([N+](=O)[O-])cc1. The highest BCUT2D eigenvalue weighted by Crippen LogP contribution is 2.29. The normalized spacial score (nSPS) is 10.5. The summed E-state index contributed by atoms with van der Waals surface area (Å²) in [6.45, 7) is 2.32. The molecule has 0 atom stereocenters. The molecule has 2 rings (SSSR count). The molecule has 0 aliphatic carbocycles. The van der Waals surface area contributed by atoms with E-state index in [9.17, 15) is 14.9 Å². The number of anilines is 1. The van der Waals surface area contributed by atoms with Gasteiger partial charge in [-0.25, -0.2) is 0 Å². The van der Waals surface area contributed by atoms with Gasteiger partial charge in [0.1, 0.15) is 11.5 Å². The molecule has 7 nitrogen and oxygen atoms in total. The van der Waals surface area contributed by atoms with E-state index >= 15 is 0 Å². The second-order valence-corrected chi connectivity index (χ2v) is 4.97. The van der Waals surface area contributed by atoms with Crippen LogP contribution >= 0.6 is 0 Å². The predicted molar refractivity (Wildman–Crippen MR) is 94.9 cm³/mol. The Morgan fingerprint density at radius 3 is 2.56 bits per heavy atom. The highest BCUT2D eigenvalue weighted by atomic mass is 16.6. The highest BCUT2D eigenvalue weighted by Gasteiger charge is 2.08. The molecule has 25 heavy (non-hydrogen) atoms. The van der Waals surface area contributed by atoms with Crippen LogP contribution in [0.4, 0.5) is 11.4 Å². The number of methoxy groups -OCH3 is 1. The first-order chi connectivity index (χ1) is 12.0. The first kappa shape index (κ1) is 18.0. The third-order valence-corrected chi connectivity index (χ3v) is 3.28. The maximum Gasteiger partial charge on any atom is 0.269 e. The van der Waals surface area contributed by atoms with E-state index < -0.39 is 4.92 Å². The van der Waals surface area contributed by atoms with Crippen molar-refractivity contribution in [1.82, 2.24) is 0 Å². The van der Waals surface area contributed by atoms with Gasteiger partial charge < -0.3 is 14.8 Å². The standard InChI is InChI=1S/C18H18N2O5/c1-3-25-17-10-9-15(24-2)12-16(17)19-18(21)11-6-13-4-7-14(8-5-13)20(22)23/h4-12H,3H2,1-2H3,(H,19,21). The lowest BCUT2D eigenvalue weighted by Gasteiger charge is -2.12. The average Bonchev–Trinajstić information content (AvgIpc) is 2.62. The van der Waals surface area contributed by atoms with E-state index in [0.717, 1.165) is 0 Å². The fourth-order valence-electron chi connectivity index (χ4n) is 2.07. The lowest BCUT2D eigenvalue weighted by atomic mass is 10.2. The molecule has 0 aliphatic rings. The molecule has 0 aromatic heterocycles. The van der Waals surface area contributed by atoms with Crippen molar-refractivity contribution in [2.24, 2.45) is 0 Å². The summed E-state index contributed by atoms with van der Waals surface area (Å²) in [5, 5.41) is 13.4. The van der Waals surface area contributed by atoms with E-state index in [0.29, 0.717) is 29.4 Å². The van der Waals surface area contributed by atoms with Crippen LogP contribution in [0.25, 0.3) is 6.08 Å². The minimum atomic E-state index is -0.474. The molecule has 0 fully saturated rings. The Kier molecular flexibility index (Phi) is 6.11. The van der Waals surface area contributed by atoms with Gasteiger partial charge in [-0.15, -0.1) is 0 Å². The third-order valence-electron chi connectivity index (χ3n) is 3.28. The third kappa shape index (κ3) is 5.07. The summed E-state index contributed by atoms with van der Waals surface area (Å²) < 4.78 is 10.6. The van der Waals surface area contributed by atoms with E-state index in [1.54, 1.807) is 36.4 Å². The molecule has 1 N–H and O–H groups in total. The van der Waals surface area contributed by atoms with Crippen LogP contribution in [-0.2, 0) is 4.79 Å². The van der Waals surface area contributed by atoms with Crippen LogP contribution in [0.5, 0.6) is 11.5 Å². The Morgan fingerprint density at radius 1 is 1.24 bits per heavy atom. The second-order valence-electron chi connectivity index (χ2n) is 4.97. The maximum absolute atomic E-state index is 12.1. The van der Waals surface area contributed by atoms with Gasteiger partial charge >= 0.3 is 0 Å². The summed E-state index contributed by atoms with van der Waals surface area (Å²) in [7, 11) is 1.54. The van der Waals surface area contributed by atoms with Crippen LogP contribution in [0.1, 0.15) is 12.5 Å². The number of amides is 1. The van der Waals surface area contributed by atoms with Crippen molar-refractivity contribution in [1.29, 1.82) is 0 Å². The van der Waals surface area contributed by atoms with Gasteiger partial charge in [-0.05, 0) is 42.8 Å². The van der Waals surface area contributed by atoms with Crippen molar-refractivity contribution in [3.63, 3.8) is 0 Å². The maximum atomic E-state index is 12.1. The summed E-state index contributed by atoms with van der Waals surface area (Å²) >= 11 is 0. The zero-order valence-corrected chi connectivity index (χ0v) is 13.9. The van der Waals surface area contributed by atoms with Gasteiger partial charge in [0.05, 0.1) is 24.3 Å². The topological polar surface area (TPSA) is 90.7 Å². The summed E-state index contributed by atoms with van der Waals surface area (Å²) in [5.74, 6) is 0.783. The predicted octanol–water partition coefficient (Wildman–Crippen LogP) is 3.65. The van der Waals surface area contributed by atoms with Gasteiger partial charge in [0, 0.05) is 24.3 Å². The number of hydrogen-bond acceptors (Lipinski definition) is 5. The summed E-state index contributed by atoms with van der Waals surface area (Å²) in [5.41, 5.74) is 1.18. The van der Waals surface area contributed by atoms with Crippen LogP contribution in [0.15, 0.2) is 48.5 Å². The van der Waals surface area contributed by atoms with Gasteiger partial charge in [0.25, 0.3) is 5.69 Å². The molecule has 0 unspecified atom stereocenters. The van der Waals surface area contributed by atoms with Crippen LogP contribution in [0.2, 0.25) is 0 Å². The molecule has 1 amide bonds. The number of nitro benzene ring substituents is 1. The molecule has 0 spiro atoms. The number of benzene rings is 2. The van der Waals surface area contributed by atoms with Crippen molar-refractivity contribution in [3.05, 3.63) is 64.2 Å². The molecule has 0 aliphatic heterocycles. The number of ether oxygens (including phenoxy) is 2. The van der Waals surface area contributed by atoms with Crippen LogP contribution in [0.3, 0.4) is 0 Å². The zero-order valence-electron chi connectivity index (χ0n) is 13.9. The summed E-state index contributed by atoms with van der Waals surface area (Å²) in [4.78, 5) is 22.3. The number of carbonyl (C=O) groups is 1. The first-order valence-electron chi connectivity index (χ1n) is 7.58. The Labute approximate surface area is 145 Å². The van der Waals surface area contributed by atoms with Crippen molar-refractivity contribution >= 4 is 23.4 Å². The number of nitro groups is 1. The molecule has 130 valence electrons. The molecule has 0 radical (unpaired) electrons. The molecule has 0 heterocycles. The fourth-order valence-corrected chi connectivity index (χ4v) is 2.07. The van der Waals surface area contributed by atoms with E-state index in [2.05, 4.69) is 5.32 Å². The number of nitrogens with one attached hydrogen (secondary N) is 1. The van der Waals surface area contributed by atoms with E-state index in [-0.39, 0.29) is 11.6 Å². The minimum Gasteiger partial charge on any atom is -0.497 e. The summed E-state index contributed by atoms with van der Waals surface area (Å²) in [6, 6.07) is 11.0. The van der Waals surface area contributed by atoms with E-state index in [1.807, 2.05) is 6.92 Å². The van der Waals surface area contributed by atoms with E-state index in [1.165, 1.54) is 25.3 Å². The van der Waals surface area contributed by atoms with Crippen LogP contribution < -0.4 is 14.8 Å². The zero-order chi connectivity index (χ0) is 18.2. The fraction of sp³-hybridized carbons (Fsp3) is 0.167. The Hall–Kier alpha value is -3.35. The number of nitrogens with zero attached hydrogens (tertiary/aromatic N) is 1. The molecule has 2 aromatic rings. The highest BCUT2D eigenvalue weighted by molar-refractivity contribution is 6.02. The van der Waals surface area contributed by atoms with Crippen molar-refractivity contribution in [2.45, 2.75) is 6.92 Å². The lowest BCUT2D eigenvalue weighted by Crippen LogP contribution is -2.09. The molecule has 2 aromatic carbocycles. The largest absolute Gasteiger partial charge is 0.497 e. The molecule has 0 bridgehead atoms. The van der Waals surface area contributed by atoms with Crippen molar-refractivity contribution in [3.8, 4) is 11.5 Å². The van der Waals surface area contributed by atoms with Crippen molar-refractivity contribution in [2.75, 3.05) is 19.0 Å². The Bertz CT molecular complexity index is 785.